The summed E-state index contributed by atoms with van der Waals surface area (Å²) in [6, 6.07) is 16.6. The number of fused-ring (bicyclic) bond motifs is 1. The number of para-hydroxylation sites is 2. The van der Waals surface area contributed by atoms with E-state index in [0.29, 0.717) is 0 Å². The van der Waals surface area contributed by atoms with Gasteiger partial charge in [0.2, 0.25) is 0 Å². The van der Waals surface area contributed by atoms with E-state index in [1.54, 1.807) is 7.11 Å². The van der Waals surface area contributed by atoms with Crippen molar-refractivity contribution in [1.29, 1.82) is 0 Å². The van der Waals surface area contributed by atoms with Gasteiger partial charge in [-0.05, 0) is 37.9 Å². The van der Waals surface area contributed by atoms with Gasteiger partial charge in [-0.1, -0.05) is 30.3 Å². The van der Waals surface area contributed by atoms with E-state index < -0.39 is 0 Å². The minimum Gasteiger partial charge on any atom is -0.496 e. The Bertz CT molecular complexity index is 759. The van der Waals surface area contributed by atoms with Crippen LogP contribution in [0.2, 0.25) is 0 Å². The van der Waals surface area contributed by atoms with Gasteiger partial charge < -0.3 is 14.6 Å². The highest BCUT2D eigenvalue weighted by atomic mass is 16.5. The van der Waals surface area contributed by atoms with Crippen LogP contribution in [0.15, 0.2) is 48.5 Å². The summed E-state index contributed by atoms with van der Waals surface area (Å²) < 4.78 is 5.52. The number of benzene rings is 2. The highest BCUT2D eigenvalue weighted by Gasteiger charge is 2.16. The molecule has 0 unspecified atom stereocenters. The van der Waals surface area contributed by atoms with Crippen LogP contribution in [-0.2, 0) is 6.54 Å². The summed E-state index contributed by atoms with van der Waals surface area (Å²) in [5.74, 6) is 0.893. The van der Waals surface area contributed by atoms with Gasteiger partial charge in [0, 0.05) is 23.0 Å². The second-order valence-electron chi connectivity index (χ2n) is 5.46. The summed E-state index contributed by atoms with van der Waals surface area (Å²) in [7, 11) is 5.90. The molecule has 0 aliphatic heterocycles. The molecule has 0 fully saturated rings. The zero-order chi connectivity index (χ0) is 14.8. The zero-order valence-electron chi connectivity index (χ0n) is 12.7. The van der Waals surface area contributed by atoms with Gasteiger partial charge in [-0.15, -0.1) is 0 Å². The number of H-pyrrole nitrogens is 1. The van der Waals surface area contributed by atoms with Crippen molar-refractivity contribution >= 4 is 10.9 Å². The first-order valence-corrected chi connectivity index (χ1v) is 7.08. The molecular formula is C18H20N2O. The molecule has 0 bridgehead atoms. The van der Waals surface area contributed by atoms with Crippen molar-refractivity contribution in [1.82, 2.24) is 9.88 Å². The van der Waals surface area contributed by atoms with E-state index in [1.165, 1.54) is 10.9 Å². The lowest BCUT2D eigenvalue weighted by Crippen LogP contribution is -2.11. The SMILES string of the molecule is COc1ccccc1-c1[nH]c2ccccc2c1CN(C)C. The topological polar surface area (TPSA) is 28.3 Å². The van der Waals surface area contributed by atoms with E-state index in [0.717, 1.165) is 29.1 Å². The molecule has 0 aliphatic carbocycles. The summed E-state index contributed by atoms with van der Waals surface area (Å²) in [5.41, 5.74) is 4.71. The van der Waals surface area contributed by atoms with Gasteiger partial charge in [0.05, 0.1) is 12.8 Å². The van der Waals surface area contributed by atoms with Gasteiger partial charge in [-0.2, -0.15) is 0 Å². The van der Waals surface area contributed by atoms with Gasteiger partial charge in [0.25, 0.3) is 0 Å². The fourth-order valence-electron chi connectivity index (χ4n) is 2.76. The normalized spacial score (nSPS) is 11.2. The average molecular weight is 280 g/mol. The van der Waals surface area contributed by atoms with Crippen LogP contribution >= 0.6 is 0 Å². The number of nitrogens with one attached hydrogen (secondary N) is 1. The summed E-state index contributed by atoms with van der Waals surface area (Å²) in [4.78, 5) is 5.74. The van der Waals surface area contributed by atoms with E-state index in [2.05, 4.69) is 54.3 Å². The molecule has 2 aromatic carbocycles. The summed E-state index contributed by atoms with van der Waals surface area (Å²) >= 11 is 0. The lowest BCUT2D eigenvalue weighted by molar-refractivity contribution is 0.403. The first-order valence-electron chi connectivity index (χ1n) is 7.08. The summed E-state index contributed by atoms with van der Waals surface area (Å²) in [6.45, 7) is 0.886. The van der Waals surface area contributed by atoms with E-state index in [9.17, 15) is 0 Å². The van der Waals surface area contributed by atoms with Crippen molar-refractivity contribution in [2.75, 3.05) is 21.2 Å². The maximum absolute atomic E-state index is 5.52. The Morgan fingerprint density at radius 3 is 2.48 bits per heavy atom. The Labute approximate surface area is 125 Å². The third-order valence-corrected chi connectivity index (χ3v) is 3.66. The first kappa shape index (κ1) is 13.7. The quantitative estimate of drug-likeness (QED) is 0.785. The molecule has 1 aromatic heterocycles. The molecule has 0 saturated carbocycles. The van der Waals surface area contributed by atoms with E-state index in [1.807, 2.05) is 18.2 Å². The Hall–Kier alpha value is -2.26. The number of ether oxygens (including phenoxy) is 1. The number of aromatic nitrogens is 1. The van der Waals surface area contributed by atoms with Crippen molar-refractivity contribution in [3.05, 3.63) is 54.1 Å². The summed E-state index contributed by atoms with van der Waals surface area (Å²) in [6.07, 6.45) is 0. The molecule has 1 N–H and O–H groups in total. The van der Waals surface area contributed by atoms with Crippen molar-refractivity contribution in [2.24, 2.45) is 0 Å². The fraction of sp³-hybridized carbons (Fsp3) is 0.222. The molecular weight excluding hydrogens is 260 g/mol. The van der Waals surface area contributed by atoms with Crippen LogP contribution in [0.4, 0.5) is 0 Å². The average Bonchev–Trinajstić information content (AvgIpc) is 2.85. The Morgan fingerprint density at radius 1 is 1.00 bits per heavy atom. The molecule has 3 rings (SSSR count). The number of hydrogen-bond donors (Lipinski definition) is 1. The van der Waals surface area contributed by atoms with Gasteiger partial charge in [0.15, 0.2) is 0 Å². The number of hydrogen-bond acceptors (Lipinski definition) is 2. The second kappa shape index (κ2) is 5.62. The van der Waals surface area contributed by atoms with Crippen molar-refractivity contribution in [3.8, 4) is 17.0 Å². The van der Waals surface area contributed by atoms with Crippen LogP contribution in [0.5, 0.6) is 5.75 Å². The van der Waals surface area contributed by atoms with Crippen molar-refractivity contribution in [3.63, 3.8) is 0 Å². The van der Waals surface area contributed by atoms with Crippen LogP contribution < -0.4 is 4.74 Å². The predicted molar refractivity (Wildman–Crippen MR) is 87.7 cm³/mol. The first-order chi connectivity index (χ1) is 10.2. The largest absolute Gasteiger partial charge is 0.496 e. The Kier molecular flexibility index (Phi) is 3.67. The van der Waals surface area contributed by atoms with Crippen molar-refractivity contribution < 1.29 is 4.74 Å². The second-order valence-corrected chi connectivity index (χ2v) is 5.46. The van der Waals surface area contributed by atoms with Crippen LogP contribution in [-0.4, -0.2) is 31.1 Å². The smallest absolute Gasteiger partial charge is 0.128 e. The molecule has 21 heavy (non-hydrogen) atoms. The number of rotatable bonds is 4. The molecule has 0 amide bonds. The molecule has 0 saturated heterocycles. The Balaban J connectivity index is 2.26. The molecule has 0 atom stereocenters. The van der Waals surface area contributed by atoms with Gasteiger partial charge in [-0.3, -0.25) is 0 Å². The predicted octanol–water partition coefficient (Wildman–Crippen LogP) is 3.91. The van der Waals surface area contributed by atoms with Gasteiger partial charge in [-0.25, -0.2) is 0 Å². The number of nitrogens with zero attached hydrogens (tertiary/aromatic N) is 1. The van der Waals surface area contributed by atoms with Crippen LogP contribution in [0, 0.1) is 0 Å². The third kappa shape index (κ3) is 2.52. The van der Waals surface area contributed by atoms with Crippen LogP contribution in [0.1, 0.15) is 5.56 Å². The molecule has 0 spiro atoms. The molecule has 0 aliphatic rings. The third-order valence-electron chi connectivity index (χ3n) is 3.66. The van der Waals surface area contributed by atoms with E-state index >= 15 is 0 Å². The molecule has 3 nitrogen and oxygen atoms in total. The zero-order valence-corrected chi connectivity index (χ0v) is 12.7. The molecule has 3 heteroatoms. The van der Waals surface area contributed by atoms with Gasteiger partial charge >= 0.3 is 0 Å². The maximum Gasteiger partial charge on any atom is 0.128 e. The lowest BCUT2D eigenvalue weighted by atomic mass is 10.0. The molecule has 3 aromatic rings. The monoisotopic (exact) mass is 280 g/mol. The van der Waals surface area contributed by atoms with Crippen molar-refractivity contribution in [2.45, 2.75) is 6.54 Å². The fourth-order valence-corrected chi connectivity index (χ4v) is 2.76. The van der Waals surface area contributed by atoms with Gasteiger partial charge in [0.1, 0.15) is 5.75 Å². The van der Waals surface area contributed by atoms with Crippen LogP contribution in [0.25, 0.3) is 22.2 Å². The number of methoxy groups -OCH3 is 1. The maximum atomic E-state index is 5.52. The molecule has 0 radical (unpaired) electrons. The van der Waals surface area contributed by atoms with Crippen LogP contribution in [0.3, 0.4) is 0 Å². The minimum absolute atomic E-state index is 0.886. The standard InChI is InChI=1S/C18H20N2O/c1-20(2)12-15-13-8-4-6-10-16(13)19-18(15)14-9-5-7-11-17(14)21-3/h4-11,19H,12H2,1-3H3. The highest BCUT2D eigenvalue weighted by molar-refractivity contribution is 5.91. The summed E-state index contributed by atoms with van der Waals surface area (Å²) in [5, 5.41) is 1.27. The Morgan fingerprint density at radius 2 is 1.71 bits per heavy atom. The van der Waals surface area contributed by atoms with E-state index in [4.69, 9.17) is 4.74 Å². The van der Waals surface area contributed by atoms with E-state index in [-0.39, 0.29) is 0 Å². The lowest BCUT2D eigenvalue weighted by Gasteiger charge is -2.13. The minimum atomic E-state index is 0.886. The molecule has 108 valence electrons. The highest BCUT2D eigenvalue weighted by Crippen LogP contribution is 2.35. The molecule has 1 heterocycles. The number of aromatic amines is 1.